The maximum atomic E-state index is 10.7. The normalized spacial score (nSPS) is 27.6. The molecule has 1 saturated heterocycles. The van der Waals surface area contributed by atoms with E-state index in [1.165, 1.54) is 10.9 Å². The van der Waals surface area contributed by atoms with Crippen LogP contribution in [-0.4, -0.2) is 65.7 Å². The monoisotopic (exact) mass is 324 g/mol. The smallest absolute Gasteiger partial charge is 0.167 e. The van der Waals surface area contributed by atoms with Crippen LogP contribution in [-0.2, 0) is 16.0 Å². The number of imidazole rings is 1. The lowest BCUT2D eigenvalue weighted by Crippen LogP contribution is -2.33. The lowest BCUT2D eigenvalue weighted by atomic mass is 10.1. The summed E-state index contributed by atoms with van der Waals surface area (Å²) in [6, 6.07) is 0. The van der Waals surface area contributed by atoms with Gasteiger partial charge in [0.05, 0.1) is 12.9 Å². The van der Waals surface area contributed by atoms with Crippen LogP contribution >= 0.6 is 0 Å². The lowest BCUT2D eigenvalue weighted by molar-refractivity contribution is -0.304. The number of ether oxygens (including phenoxy) is 1. The van der Waals surface area contributed by atoms with E-state index in [1.807, 2.05) is 0 Å². The first kappa shape index (κ1) is 15.6. The van der Waals surface area contributed by atoms with Gasteiger partial charge in [-0.15, -0.1) is 0 Å². The number of carboxylic acid groups (broad SMARTS) is 1. The minimum absolute atomic E-state index is 0.0308. The molecule has 2 aromatic heterocycles. The molecule has 0 aromatic carbocycles. The van der Waals surface area contributed by atoms with Gasteiger partial charge in [0.2, 0.25) is 0 Å². The molecule has 5 N–H and O–H groups in total. The van der Waals surface area contributed by atoms with Gasteiger partial charge < -0.3 is 35.7 Å². The van der Waals surface area contributed by atoms with Gasteiger partial charge in [0.15, 0.2) is 17.7 Å². The van der Waals surface area contributed by atoms with Gasteiger partial charge in [-0.25, -0.2) is 15.0 Å². The number of aliphatic hydroxyl groups is 3. The Labute approximate surface area is 129 Å². The van der Waals surface area contributed by atoms with Crippen molar-refractivity contribution in [1.29, 1.82) is 0 Å². The summed E-state index contributed by atoms with van der Waals surface area (Å²) in [6.07, 6.45) is -3.90. The maximum Gasteiger partial charge on any atom is 0.167 e. The number of aliphatic hydroxyl groups excluding tert-OH is 3. The van der Waals surface area contributed by atoms with E-state index in [9.17, 15) is 20.1 Å². The van der Waals surface area contributed by atoms with Crippen LogP contribution in [0.1, 0.15) is 12.1 Å². The van der Waals surface area contributed by atoms with E-state index in [2.05, 4.69) is 15.0 Å². The highest BCUT2D eigenvalue weighted by molar-refractivity contribution is 5.82. The molecule has 124 valence electrons. The largest absolute Gasteiger partial charge is 0.550 e. The first-order valence-corrected chi connectivity index (χ1v) is 6.73. The molecule has 3 rings (SSSR count). The quantitative estimate of drug-likeness (QED) is 0.437. The van der Waals surface area contributed by atoms with Crippen LogP contribution in [0.4, 0.5) is 5.82 Å². The number of nitrogens with zero attached hydrogens (tertiary/aromatic N) is 4. The second-order valence-electron chi connectivity index (χ2n) is 5.13. The van der Waals surface area contributed by atoms with E-state index < -0.39 is 43.5 Å². The summed E-state index contributed by atoms with van der Waals surface area (Å²) < 4.78 is 6.69. The number of nitrogen functional groups attached to an aromatic ring is 1. The number of hydrogen-bond donors (Lipinski definition) is 4. The van der Waals surface area contributed by atoms with Crippen molar-refractivity contribution in [3.8, 4) is 0 Å². The van der Waals surface area contributed by atoms with Crippen LogP contribution < -0.4 is 10.8 Å². The summed E-state index contributed by atoms with van der Waals surface area (Å²) in [4.78, 5) is 22.6. The van der Waals surface area contributed by atoms with Crippen LogP contribution in [0.25, 0.3) is 11.2 Å². The van der Waals surface area contributed by atoms with E-state index in [4.69, 9.17) is 15.6 Å². The molecule has 1 aliphatic rings. The van der Waals surface area contributed by atoms with Gasteiger partial charge in [-0.2, -0.15) is 0 Å². The molecule has 0 bridgehead atoms. The number of rotatable bonds is 4. The summed E-state index contributed by atoms with van der Waals surface area (Å²) in [5, 5.41) is 39.7. The average Bonchev–Trinajstić information content (AvgIpc) is 3.01. The van der Waals surface area contributed by atoms with Crippen molar-refractivity contribution in [2.24, 2.45) is 0 Å². The fourth-order valence-corrected chi connectivity index (χ4v) is 2.49. The minimum Gasteiger partial charge on any atom is -0.550 e. The first-order valence-electron chi connectivity index (χ1n) is 6.73. The Morgan fingerprint density at radius 3 is 2.74 bits per heavy atom. The summed E-state index contributed by atoms with van der Waals surface area (Å²) >= 11 is 0. The maximum absolute atomic E-state index is 10.7. The molecule has 0 radical (unpaired) electrons. The standard InChI is InChI=1S/C12H15N5O6/c13-10-7-11(16-5(15-10)1-6(19)20)17(3-14-7)12-9(22)8(21)4(2-18)23-12/h3-4,8-9,12,18,21-22H,1-2H2,(H,19,20)(H2,13,15,16)/p-1/t4-,8-,9-,12-/m1/s1. The third kappa shape index (κ3) is 2.59. The molecular weight excluding hydrogens is 310 g/mol. The van der Waals surface area contributed by atoms with Gasteiger partial charge in [-0.1, -0.05) is 0 Å². The molecule has 0 aliphatic carbocycles. The van der Waals surface area contributed by atoms with Gasteiger partial charge in [0.25, 0.3) is 0 Å². The molecule has 0 spiro atoms. The molecule has 4 atom stereocenters. The number of nitrogens with two attached hydrogens (primary N) is 1. The zero-order valence-corrected chi connectivity index (χ0v) is 11.7. The van der Waals surface area contributed by atoms with Crippen LogP contribution in [0.3, 0.4) is 0 Å². The molecule has 23 heavy (non-hydrogen) atoms. The number of fused-ring (bicyclic) bond motifs is 1. The van der Waals surface area contributed by atoms with Crippen LogP contribution in [0.15, 0.2) is 6.33 Å². The van der Waals surface area contributed by atoms with Crippen molar-refractivity contribution in [3.63, 3.8) is 0 Å². The van der Waals surface area contributed by atoms with Gasteiger partial charge in [0.1, 0.15) is 29.7 Å². The van der Waals surface area contributed by atoms with Crippen molar-refractivity contribution in [2.75, 3.05) is 12.3 Å². The number of carbonyl (C=O) groups excluding carboxylic acids is 1. The highest BCUT2D eigenvalue weighted by Crippen LogP contribution is 2.31. The third-order valence-corrected chi connectivity index (χ3v) is 3.59. The topological polar surface area (TPSA) is 180 Å². The van der Waals surface area contributed by atoms with Crippen molar-refractivity contribution in [3.05, 3.63) is 12.2 Å². The molecule has 11 nitrogen and oxygen atoms in total. The van der Waals surface area contributed by atoms with E-state index in [1.54, 1.807) is 0 Å². The Kier molecular flexibility index (Phi) is 3.85. The van der Waals surface area contributed by atoms with Crippen molar-refractivity contribution >= 4 is 23.0 Å². The Balaban J connectivity index is 2.05. The summed E-state index contributed by atoms with van der Waals surface area (Å²) in [7, 11) is 0. The van der Waals surface area contributed by atoms with E-state index >= 15 is 0 Å². The SMILES string of the molecule is Nc1nc(CC(=O)[O-])nc2c1ncn2[C@@H]1O[C@H](CO)[C@@H](O)[C@H]1O. The van der Waals surface area contributed by atoms with E-state index in [0.29, 0.717) is 0 Å². The Morgan fingerprint density at radius 1 is 1.39 bits per heavy atom. The van der Waals surface area contributed by atoms with Crippen molar-refractivity contribution in [1.82, 2.24) is 19.5 Å². The second kappa shape index (κ2) is 5.70. The van der Waals surface area contributed by atoms with Crippen LogP contribution in [0, 0.1) is 0 Å². The minimum atomic E-state index is -1.37. The van der Waals surface area contributed by atoms with Gasteiger partial charge in [0, 0.05) is 12.4 Å². The third-order valence-electron chi connectivity index (χ3n) is 3.59. The highest BCUT2D eigenvalue weighted by atomic mass is 16.6. The average molecular weight is 324 g/mol. The zero-order valence-electron chi connectivity index (χ0n) is 11.7. The summed E-state index contributed by atoms with van der Waals surface area (Å²) in [6.45, 7) is -0.478. The molecule has 0 amide bonds. The van der Waals surface area contributed by atoms with Crippen molar-refractivity contribution in [2.45, 2.75) is 31.0 Å². The second-order valence-corrected chi connectivity index (χ2v) is 5.13. The molecular formula is C12H14N5O6-. The van der Waals surface area contributed by atoms with Gasteiger partial charge >= 0.3 is 0 Å². The fraction of sp³-hybridized carbons (Fsp3) is 0.500. The van der Waals surface area contributed by atoms with Crippen molar-refractivity contribution < 1.29 is 30.0 Å². The predicted octanol–water partition coefficient (Wildman–Crippen LogP) is -3.69. The summed E-state index contributed by atoms with van der Waals surface area (Å²) in [5.41, 5.74) is 6.07. The molecule has 3 heterocycles. The number of aliphatic carboxylic acids is 1. The number of aromatic nitrogens is 4. The molecule has 11 heteroatoms. The van der Waals surface area contributed by atoms with Gasteiger partial charge in [-0.05, 0) is 0 Å². The molecule has 2 aromatic rings. The van der Waals surface area contributed by atoms with Gasteiger partial charge in [-0.3, -0.25) is 4.57 Å². The Hall–Kier alpha value is -2.34. The fourth-order valence-electron chi connectivity index (χ4n) is 2.49. The first-order chi connectivity index (χ1) is 10.9. The summed E-state index contributed by atoms with van der Waals surface area (Å²) in [5.74, 6) is -1.48. The van der Waals surface area contributed by atoms with E-state index in [-0.39, 0.29) is 22.8 Å². The number of carbonyl (C=O) groups is 1. The van der Waals surface area contributed by atoms with E-state index in [0.717, 1.165) is 0 Å². The highest BCUT2D eigenvalue weighted by Gasteiger charge is 2.44. The number of anilines is 1. The molecule has 1 fully saturated rings. The molecule has 0 unspecified atom stereocenters. The lowest BCUT2D eigenvalue weighted by Gasteiger charge is -2.16. The molecule has 1 aliphatic heterocycles. The van der Waals surface area contributed by atoms with Crippen LogP contribution in [0.5, 0.6) is 0 Å². The Morgan fingerprint density at radius 2 is 2.13 bits per heavy atom. The predicted molar refractivity (Wildman–Crippen MR) is 71.5 cm³/mol. The zero-order chi connectivity index (χ0) is 16.7. The Bertz CT molecular complexity index is 749. The number of carboxylic acids is 1. The number of hydrogen-bond acceptors (Lipinski definition) is 10. The molecule has 0 saturated carbocycles. The van der Waals surface area contributed by atoms with Crippen LogP contribution in [0.2, 0.25) is 0 Å².